The maximum absolute atomic E-state index is 13.9. The summed E-state index contributed by atoms with van der Waals surface area (Å²) < 4.78 is 31.2. The molecule has 50 heavy (non-hydrogen) atoms. The standard InChI is InChI=1S/C38H47N5O5S2/c1-38(2,3)48-37(45)43-24-20-28(21-25-43)19-23-42(26-22-33(29-11-7-5-8-12-29)30-13-9-6-10-14-30)36(44)40-35-39-34(27-49-35)31-15-17-32(18-16-31)41-50(4,46)47/h5-18,27-28,33,41H,19-26H2,1-4H3,(H,39,40,44). The largest absolute Gasteiger partial charge is 0.444 e. The van der Waals surface area contributed by atoms with Gasteiger partial charge in [0.2, 0.25) is 10.0 Å². The fraction of sp³-hybridized carbons (Fsp3) is 0.395. The highest BCUT2D eigenvalue weighted by Crippen LogP contribution is 2.30. The lowest BCUT2D eigenvalue weighted by Crippen LogP contribution is -2.43. The predicted octanol–water partition coefficient (Wildman–Crippen LogP) is 8.27. The molecule has 10 nitrogen and oxygen atoms in total. The van der Waals surface area contributed by atoms with Crippen molar-refractivity contribution in [1.82, 2.24) is 14.8 Å². The number of piperidine rings is 1. The highest BCUT2D eigenvalue weighted by Gasteiger charge is 2.28. The lowest BCUT2D eigenvalue weighted by atomic mass is 9.88. The number of rotatable bonds is 12. The molecule has 0 unspecified atom stereocenters. The summed E-state index contributed by atoms with van der Waals surface area (Å²) in [7, 11) is -3.38. The first-order valence-corrected chi connectivity index (χ1v) is 19.8. The average molecular weight is 718 g/mol. The highest BCUT2D eigenvalue weighted by atomic mass is 32.2. The van der Waals surface area contributed by atoms with Crippen molar-refractivity contribution >= 4 is 44.3 Å². The van der Waals surface area contributed by atoms with E-state index >= 15 is 0 Å². The maximum atomic E-state index is 13.9. The molecule has 5 rings (SSSR count). The zero-order chi connectivity index (χ0) is 35.7. The molecule has 0 atom stereocenters. The molecule has 3 amide bonds. The second-order valence-electron chi connectivity index (χ2n) is 13.8. The van der Waals surface area contributed by atoms with E-state index in [4.69, 9.17) is 4.74 Å². The Kier molecular flexibility index (Phi) is 12.2. The topological polar surface area (TPSA) is 121 Å². The van der Waals surface area contributed by atoms with Crippen LogP contribution in [0, 0.1) is 5.92 Å². The van der Waals surface area contributed by atoms with Gasteiger partial charge < -0.3 is 14.5 Å². The molecule has 1 aromatic heterocycles. The predicted molar refractivity (Wildman–Crippen MR) is 201 cm³/mol. The molecule has 0 radical (unpaired) electrons. The minimum Gasteiger partial charge on any atom is -0.444 e. The molecule has 0 aliphatic carbocycles. The first-order chi connectivity index (χ1) is 23.8. The Hall–Kier alpha value is -4.42. The molecule has 1 fully saturated rings. The zero-order valence-corrected chi connectivity index (χ0v) is 30.8. The zero-order valence-electron chi connectivity index (χ0n) is 29.2. The Bertz CT molecular complexity index is 1760. The molecule has 1 aliphatic heterocycles. The third-order valence-electron chi connectivity index (χ3n) is 8.65. The van der Waals surface area contributed by atoms with Gasteiger partial charge in [0.15, 0.2) is 5.13 Å². The lowest BCUT2D eigenvalue weighted by Gasteiger charge is -2.34. The van der Waals surface area contributed by atoms with E-state index in [2.05, 4.69) is 63.6 Å². The van der Waals surface area contributed by atoms with Crippen LogP contribution in [0.15, 0.2) is 90.3 Å². The van der Waals surface area contributed by atoms with Gasteiger partial charge in [-0.3, -0.25) is 10.0 Å². The number of nitrogens with zero attached hydrogens (tertiary/aromatic N) is 3. The van der Waals surface area contributed by atoms with E-state index in [1.165, 1.54) is 22.5 Å². The van der Waals surface area contributed by atoms with Crippen LogP contribution < -0.4 is 10.0 Å². The van der Waals surface area contributed by atoms with Gasteiger partial charge >= 0.3 is 12.1 Å². The molecule has 266 valence electrons. The molecule has 0 bridgehead atoms. The maximum Gasteiger partial charge on any atom is 0.410 e. The van der Waals surface area contributed by atoms with E-state index in [0.717, 1.165) is 37.5 Å². The number of hydrogen-bond acceptors (Lipinski definition) is 7. The number of anilines is 2. The summed E-state index contributed by atoms with van der Waals surface area (Å²) in [6, 6.07) is 27.5. The third kappa shape index (κ3) is 11.0. The van der Waals surface area contributed by atoms with Gasteiger partial charge in [0.05, 0.1) is 11.9 Å². The second-order valence-corrected chi connectivity index (χ2v) is 16.4. The van der Waals surface area contributed by atoms with Crippen molar-refractivity contribution in [3.8, 4) is 11.3 Å². The molecule has 3 aromatic carbocycles. The molecule has 4 aromatic rings. The summed E-state index contributed by atoms with van der Waals surface area (Å²) in [6.45, 7) is 8.04. The number of urea groups is 1. The van der Waals surface area contributed by atoms with Crippen molar-refractivity contribution in [1.29, 1.82) is 0 Å². The molecule has 0 spiro atoms. The fourth-order valence-electron chi connectivity index (χ4n) is 6.12. The minimum absolute atomic E-state index is 0.122. The van der Waals surface area contributed by atoms with Crippen LogP contribution in [-0.4, -0.2) is 73.4 Å². The van der Waals surface area contributed by atoms with Crippen molar-refractivity contribution in [3.63, 3.8) is 0 Å². The van der Waals surface area contributed by atoms with Gasteiger partial charge in [-0.1, -0.05) is 72.8 Å². The van der Waals surface area contributed by atoms with Gasteiger partial charge in [0.1, 0.15) is 5.60 Å². The number of likely N-dealkylation sites (tertiary alicyclic amines) is 1. The SMILES string of the molecule is CC(C)(C)OC(=O)N1CCC(CCN(CCC(c2ccccc2)c2ccccc2)C(=O)Nc2nc(-c3ccc(NS(C)(=O)=O)cc3)cs2)CC1. The lowest BCUT2D eigenvalue weighted by molar-refractivity contribution is 0.0179. The van der Waals surface area contributed by atoms with Crippen molar-refractivity contribution in [2.45, 2.75) is 58.0 Å². The Morgan fingerprint density at radius 1 is 0.940 bits per heavy atom. The number of benzene rings is 3. The van der Waals surface area contributed by atoms with Crippen molar-refractivity contribution in [3.05, 3.63) is 101 Å². The van der Waals surface area contributed by atoms with Gasteiger partial charge in [-0.25, -0.2) is 23.0 Å². The van der Waals surface area contributed by atoms with E-state index in [0.29, 0.717) is 48.6 Å². The smallest absolute Gasteiger partial charge is 0.410 e. The molecular weight excluding hydrogens is 671 g/mol. The second kappa shape index (κ2) is 16.5. The normalized spacial score (nSPS) is 14.0. The van der Waals surface area contributed by atoms with E-state index in [-0.39, 0.29) is 18.0 Å². The Morgan fingerprint density at radius 2 is 1.54 bits per heavy atom. The molecule has 0 saturated carbocycles. The van der Waals surface area contributed by atoms with Crippen molar-refractivity contribution in [2.24, 2.45) is 5.92 Å². The molecule has 1 saturated heterocycles. The molecule has 2 N–H and O–H groups in total. The number of thiazole rings is 1. The summed E-state index contributed by atoms with van der Waals surface area (Å²) in [4.78, 5) is 34.9. The van der Waals surface area contributed by atoms with Crippen LogP contribution in [0.25, 0.3) is 11.3 Å². The van der Waals surface area contributed by atoms with E-state index in [9.17, 15) is 18.0 Å². The summed E-state index contributed by atoms with van der Waals surface area (Å²) >= 11 is 1.34. The number of aromatic nitrogens is 1. The van der Waals surface area contributed by atoms with Crippen LogP contribution in [0.3, 0.4) is 0 Å². The van der Waals surface area contributed by atoms with Crippen molar-refractivity contribution in [2.75, 3.05) is 42.5 Å². The van der Waals surface area contributed by atoms with Crippen LogP contribution in [0.1, 0.15) is 63.5 Å². The van der Waals surface area contributed by atoms with E-state index < -0.39 is 15.6 Å². The number of sulfonamides is 1. The summed E-state index contributed by atoms with van der Waals surface area (Å²) in [5.74, 6) is 0.506. The first-order valence-electron chi connectivity index (χ1n) is 17.0. The quantitative estimate of drug-likeness (QED) is 0.152. The van der Waals surface area contributed by atoms with Gasteiger partial charge in [-0.05, 0) is 75.6 Å². The Balaban J connectivity index is 1.27. The van der Waals surface area contributed by atoms with Gasteiger partial charge in [0, 0.05) is 48.7 Å². The Morgan fingerprint density at radius 3 is 2.10 bits per heavy atom. The summed E-state index contributed by atoms with van der Waals surface area (Å²) in [5.41, 5.74) is 3.85. The van der Waals surface area contributed by atoms with E-state index in [1.54, 1.807) is 29.2 Å². The Labute approximate surface area is 299 Å². The summed E-state index contributed by atoms with van der Waals surface area (Å²) in [6.07, 6.45) is 4.13. The van der Waals surface area contributed by atoms with Crippen LogP contribution >= 0.6 is 11.3 Å². The summed E-state index contributed by atoms with van der Waals surface area (Å²) in [5, 5.41) is 5.40. The molecule has 1 aliphatic rings. The number of amides is 3. The molecule has 12 heteroatoms. The number of carbonyl (C=O) groups excluding carboxylic acids is 2. The number of ether oxygens (including phenoxy) is 1. The fourth-order valence-corrected chi connectivity index (χ4v) is 7.40. The third-order valence-corrected chi connectivity index (χ3v) is 10.0. The van der Waals surface area contributed by atoms with E-state index in [1.807, 2.05) is 43.2 Å². The molecular formula is C38H47N5O5S2. The van der Waals surface area contributed by atoms with Crippen LogP contribution in [0.2, 0.25) is 0 Å². The van der Waals surface area contributed by atoms with Crippen molar-refractivity contribution < 1.29 is 22.7 Å². The minimum atomic E-state index is -3.38. The van der Waals surface area contributed by atoms with Gasteiger partial charge in [-0.2, -0.15) is 0 Å². The van der Waals surface area contributed by atoms with Crippen LogP contribution in [0.5, 0.6) is 0 Å². The average Bonchev–Trinajstić information content (AvgIpc) is 3.54. The number of carbonyl (C=O) groups is 2. The first kappa shape index (κ1) is 36.9. The van der Waals surface area contributed by atoms with Gasteiger partial charge in [0.25, 0.3) is 0 Å². The molecule has 2 heterocycles. The number of hydrogen-bond donors (Lipinski definition) is 2. The number of nitrogens with one attached hydrogen (secondary N) is 2. The van der Waals surface area contributed by atoms with Crippen LogP contribution in [-0.2, 0) is 14.8 Å². The monoisotopic (exact) mass is 717 g/mol. The van der Waals surface area contributed by atoms with Crippen LogP contribution in [0.4, 0.5) is 20.4 Å². The van der Waals surface area contributed by atoms with Gasteiger partial charge in [-0.15, -0.1) is 11.3 Å². The highest BCUT2D eigenvalue weighted by molar-refractivity contribution is 7.92.